The smallest absolute Gasteiger partial charge is 0.181 e. The Morgan fingerprint density at radius 1 is 1.20 bits per heavy atom. The highest BCUT2D eigenvalue weighted by Crippen LogP contribution is 2.20. The van der Waals surface area contributed by atoms with Gasteiger partial charge < -0.3 is 5.32 Å². The molecule has 2 aromatic rings. The average molecular weight is 272 g/mol. The van der Waals surface area contributed by atoms with E-state index in [1.54, 1.807) is 0 Å². The summed E-state index contributed by atoms with van der Waals surface area (Å²) in [5.74, 6) is 2.34. The van der Waals surface area contributed by atoms with Crippen molar-refractivity contribution < 1.29 is 0 Å². The van der Waals surface area contributed by atoms with Crippen molar-refractivity contribution in [3.8, 4) is 11.4 Å². The SMILES string of the molecule is Cc1nc(-c2cccc(NC(C)CCC(C)C)c2)n[nH]1. The second-order valence-electron chi connectivity index (χ2n) is 5.84. The fourth-order valence-corrected chi connectivity index (χ4v) is 2.16. The fourth-order valence-electron chi connectivity index (χ4n) is 2.16. The van der Waals surface area contributed by atoms with E-state index in [9.17, 15) is 0 Å². The van der Waals surface area contributed by atoms with Crippen molar-refractivity contribution in [1.29, 1.82) is 0 Å². The lowest BCUT2D eigenvalue weighted by atomic mass is 10.0. The van der Waals surface area contributed by atoms with Crippen LogP contribution in [0.2, 0.25) is 0 Å². The van der Waals surface area contributed by atoms with Gasteiger partial charge in [0.05, 0.1) is 0 Å². The van der Waals surface area contributed by atoms with E-state index in [0.29, 0.717) is 6.04 Å². The number of nitrogens with one attached hydrogen (secondary N) is 2. The summed E-state index contributed by atoms with van der Waals surface area (Å²) < 4.78 is 0. The summed E-state index contributed by atoms with van der Waals surface area (Å²) in [5.41, 5.74) is 2.16. The Labute approximate surface area is 121 Å². The molecule has 1 atom stereocenters. The highest BCUT2D eigenvalue weighted by atomic mass is 15.2. The van der Waals surface area contributed by atoms with Crippen molar-refractivity contribution in [1.82, 2.24) is 15.2 Å². The summed E-state index contributed by atoms with van der Waals surface area (Å²) in [4.78, 5) is 4.37. The molecular weight excluding hydrogens is 248 g/mol. The second kappa shape index (κ2) is 6.55. The van der Waals surface area contributed by atoms with Crippen molar-refractivity contribution in [3.05, 3.63) is 30.1 Å². The minimum Gasteiger partial charge on any atom is -0.383 e. The molecule has 4 heteroatoms. The number of hydrogen-bond donors (Lipinski definition) is 2. The third-order valence-corrected chi connectivity index (χ3v) is 3.31. The molecule has 108 valence electrons. The molecule has 1 aromatic carbocycles. The van der Waals surface area contributed by atoms with Crippen LogP contribution in [0.15, 0.2) is 24.3 Å². The fraction of sp³-hybridized carbons (Fsp3) is 0.500. The minimum atomic E-state index is 0.474. The van der Waals surface area contributed by atoms with E-state index in [4.69, 9.17) is 0 Å². The van der Waals surface area contributed by atoms with Crippen LogP contribution in [-0.2, 0) is 0 Å². The molecule has 0 radical (unpaired) electrons. The first-order valence-corrected chi connectivity index (χ1v) is 7.30. The van der Waals surface area contributed by atoms with Crippen molar-refractivity contribution in [2.45, 2.75) is 46.6 Å². The number of H-pyrrole nitrogens is 1. The molecule has 4 nitrogen and oxygen atoms in total. The van der Waals surface area contributed by atoms with Crippen LogP contribution < -0.4 is 5.32 Å². The van der Waals surface area contributed by atoms with Gasteiger partial charge in [-0.05, 0) is 44.7 Å². The van der Waals surface area contributed by atoms with Crippen LogP contribution in [0.3, 0.4) is 0 Å². The molecule has 0 saturated heterocycles. The molecule has 0 fully saturated rings. The van der Waals surface area contributed by atoms with Gasteiger partial charge in [-0.2, -0.15) is 5.10 Å². The van der Waals surface area contributed by atoms with Gasteiger partial charge in [0, 0.05) is 17.3 Å². The maximum atomic E-state index is 4.37. The number of nitrogens with zero attached hydrogens (tertiary/aromatic N) is 2. The molecule has 0 saturated carbocycles. The lowest BCUT2D eigenvalue weighted by molar-refractivity contribution is 0.528. The first kappa shape index (κ1) is 14.6. The highest BCUT2D eigenvalue weighted by molar-refractivity contribution is 5.62. The summed E-state index contributed by atoms with van der Waals surface area (Å²) in [6.45, 7) is 8.66. The minimum absolute atomic E-state index is 0.474. The molecule has 0 aliphatic heterocycles. The van der Waals surface area contributed by atoms with E-state index in [1.165, 1.54) is 12.8 Å². The molecule has 0 amide bonds. The van der Waals surface area contributed by atoms with Gasteiger partial charge in [-0.15, -0.1) is 0 Å². The van der Waals surface area contributed by atoms with Gasteiger partial charge in [0.1, 0.15) is 5.82 Å². The van der Waals surface area contributed by atoms with E-state index in [-0.39, 0.29) is 0 Å². The molecule has 1 aromatic heterocycles. The van der Waals surface area contributed by atoms with E-state index in [2.05, 4.69) is 53.4 Å². The van der Waals surface area contributed by atoms with Gasteiger partial charge in [0.15, 0.2) is 5.82 Å². The first-order valence-electron chi connectivity index (χ1n) is 7.30. The van der Waals surface area contributed by atoms with Crippen LogP contribution in [0.25, 0.3) is 11.4 Å². The summed E-state index contributed by atoms with van der Waals surface area (Å²) in [6, 6.07) is 8.75. The summed E-state index contributed by atoms with van der Waals surface area (Å²) in [6.07, 6.45) is 2.43. The number of aryl methyl sites for hydroxylation is 1. The molecule has 2 rings (SSSR count). The van der Waals surface area contributed by atoms with Crippen molar-refractivity contribution in [2.24, 2.45) is 5.92 Å². The van der Waals surface area contributed by atoms with Crippen molar-refractivity contribution in [3.63, 3.8) is 0 Å². The van der Waals surface area contributed by atoms with Crippen molar-refractivity contribution >= 4 is 5.69 Å². The Morgan fingerprint density at radius 2 is 2.00 bits per heavy atom. The molecule has 20 heavy (non-hydrogen) atoms. The van der Waals surface area contributed by atoms with Gasteiger partial charge in [-0.1, -0.05) is 26.0 Å². The maximum absolute atomic E-state index is 4.37. The third-order valence-electron chi connectivity index (χ3n) is 3.31. The monoisotopic (exact) mass is 272 g/mol. The maximum Gasteiger partial charge on any atom is 0.181 e. The zero-order valence-electron chi connectivity index (χ0n) is 12.8. The van der Waals surface area contributed by atoms with Gasteiger partial charge in [-0.3, -0.25) is 5.10 Å². The second-order valence-corrected chi connectivity index (χ2v) is 5.84. The highest BCUT2D eigenvalue weighted by Gasteiger charge is 2.07. The Hall–Kier alpha value is -1.84. The summed E-state index contributed by atoms with van der Waals surface area (Å²) in [5, 5.41) is 10.6. The van der Waals surface area contributed by atoms with Crippen molar-refractivity contribution in [2.75, 3.05) is 5.32 Å². The largest absolute Gasteiger partial charge is 0.383 e. The number of aromatic amines is 1. The molecule has 2 N–H and O–H groups in total. The number of benzene rings is 1. The Balaban J connectivity index is 2.02. The van der Waals surface area contributed by atoms with E-state index < -0.39 is 0 Å². The first-order chi connectivity index (χ1) is 9.54. The summed E-state index contributed by atoms with van der Waals surface area (Å²) >= 11 is 0. The standard InChI is InChI=1S/C16H24N4/c1-11(2)8-9-12(3)17-15-7-5-6-14(10-15)16-18-13(4)19-20-16/h5-7,10-12,17H,8-9H2,1-4H3,(H,18,19,20). The Kier molecular flexibility index (Phi) is 4.77. The number of hydrogen-bond acceptors (Lipinski definition) is 3. The molecular formula is C16H24N4. The number of aromatic nitrogens is 3. The van der Waals surface area contributed by atoms with E-state index in [0.717, 1.165) is 28.8 Å². The Morgan fingerprint density at radius 3 is 2.65 bits per heavy atom. The topological polar surface area (TPSA) is 53.6 Å². The molecule has 0 spiro atoms. The third kappa shape index (κ3) is 4.08. The summed E-state index contributed by atoms with van der Waals surface area (Å²) in [7, 11) is 0. The van der Waals surface area contributed by atoms with Crippen LogP contribution in [0.5, 0.6) is 0 Å². The predicted octanol–water partition coefficient (Wildman–Crippen LogP) is 4.02. The quantitative estimate of drug-likeness (QED) is 0.835. The lowest BCUT2D eigenvalue weighted by Gasteiger charge is -2.16. The van der Waals surface area contributed by atoms with Crippen LogP contribution in [0.4, 0.5) is 5.69 Å². The van der Waals surface area contributed by atoms with Crippen LogP contribution in [-0.4, -0.2) is 21.2 Å². The number of rotatable bonds is 6. The van der Waals surface area contributed by atoms with Crippen LogP contribution >= 0.6 is 0 Å². The average Bonchev–Trinajstić information content (AvgIpc) is 2.83. The predicted molar refractivity (Wildman–Crippen MR) is 83.7 cm³/mol. The van der Waals surface area contributed by atoms with Crippen LogP contribution in [0.1, 0.15) is 39.4 Å². The zero-order chi connectivity index (χ0) is 14.5. The van der Waals surface area contributed by atoms with E-state index >= 15 is 0 Å². The zero-order valence-corrected chi connectivity index (χ0v) is 12.8. The van der Waals surface area contributed by atoms with Crippen LogP contribution in [0, 0.1) is 12.8 Å². The van der Waals surface area contributed by atoms with Gasteiger partial charge in [-0.25, -0.2) is 4.98 Å². The molecule has 0 aliphatic carbocycles. The Bertz CT molecular complexity index is 545. The lowest BCUT2D eigenvalue weighted by Crippen LogP contribution is -2.15. The molecule has 0 aliphatic rings. The normalized spacial score (nSPS) is 12.7. The molecule has 1 heterocycles. The van der Waals surface area contributed by atoms with Gasteiger partial charge >= 0.3 is 0 Å². The van der Waals surface area contributed by atoms with Gasteiger partial charge in [0.25, 0.3) is 0 Å². The van der Waals surface area contributed by atoms with E-state index in [1.807, 2.05) is 19.1 Å². The van der Waals surface area contributed by atoms with Gasteiger partial charge in [0.2, 0.25) is 0 Å². The molecule has 1 unspecified atom stereocenters. The number of anilines is 1. The molecule has 0 bridgehead atoms.